The fourth-order valence-corrected chi connectivity index (χ4v) is 1.90. The third-order valence-corrected chi connectivity index (χ3v) is 2.51. The van der Waals surface area contributed by atoms with Crippen molar-refractivity contribution in [2.45, 2.75) is 0 Å². The Kier molecular flexibility index (Phi) is 1.10. The van der Waals surface area contributed by atoms with Gasteiger partial charge in [-0.1, -0.05) is 30.9 Å². The van der Waals surface area contributed by atoms with E-state index in [-0.39, 0.29) is 0 Å². The van der Waals surface area contributed by atoms with E-state index < -0.39 is 0 Å². The second kappa shape index (κ2) is 2.13. The van der Waals surface area contributed by atoms with Crippen molar-refractivity contribution >= 4 is 22.6 Å². The van der Waals surface area contributed by atoms with Crippen LogP contribution in [0.2, 0.25) is 0 Å². The van der Waals surface area contributed by atoms with Crippen molar-refractivity contribution in [1.82, 2.24) is 4.98 Å². The van der Waals surface area contributed by atoms with Crippen LogP contribution in [0, 0.1) is 0 Å². The van der Waals surface area contributed by atoms with Crippen LogP contribution in [0.3, 0.4) is 0 Å². The molecular formula is C12H9N. The second-order valence-corrected chi connectivity index (χ2v) is 3.32. The summed E-state index contributed by atoms with van der Waals surface area (Å²) in [7, 11) is 0. The number of H-pyrrole nitrogens is 1. The van der Waals surface area contributed by atoms with Crippen LogP contribution in [-0.2, 0) is 0 Å². The molecule has 62 valence electrons. The molecule has 0 saturated carbocycles. The fraction of sp³-hybridized carbons (Fsp3) is 0. The van der Waals surface area contributed by atoms with E-state index >= 15 is 0 Å². The zero-order chi connectivity index (χ0) is 8.84. The molecule has 1 aromatic heterocycles. The predicted molar refractivity (Wildman–Crippen MR) is 56.4 cm³/mol. The molecule has 1 aliphatic carbocycles. The molecule has 0 spiro atoms. The SMILES string of the molecule is C=C1C=Cc2[nH]c3ccccc3c21. The van der Waals surface area contributed by atoms with E-state index in [0.717, 1.165) is 5.57 Å². The Balaban J connectivity index is 2.51. The van der Waals surface area contributed by atoms with Crippen molar-refractivity contribution in [2.24, 2.45) is 0 Å². The molecule has 0 fully saturated rings. The third kappa shape index (κ3) is 0.760. The van der Waals surface area contributed by atoms with E-state index in [1.165, 1.54) is 22.2 Å². The van der Waals surface area contributed by atoms with Gasteiger partial charge in [-0.25, -0.2) is 0 Å². The summed E-state index contributed by atoms with van der Waals surface area (Å²) in [4.78, 5) is 3.36. The molecular weight excluding hydrogens is 158 g/mol. The van der Waals surface area contributed by atoms with E-state index in [9.17, 15) is 0 Å². The van der Waals surface area contributed by atoms with Gasteiger partial charge in [0.2, 0.25) is 0 Å². The average molecular weight is 167 g/mol. The lowest BCUT2D eigenvalue weighted by molar-refractivity contribution is 1.43. The summed E-state index contributed by atoms with van der Waals surface area (Å²) in [6.45, 7) is 4.01. The lowest BCUT2D eigenvalue weighted by Crippen LogP contribution is -1.72. The van der Waals surface area contributed by atoms with Gasteiger partial charge in [0.15, 0.2) is 0 Å². The highest BCUT2D eigenvalue weighted by Gasteiger charge is 2.14. The van der Waals surface area contributed by atoms with Crippen LogP contribution in [0.5, 0.6) is 0 Å². The topological polar surface area (TPSA) is 15.8 Å². The van der Waals surface area contributed by atoms with Crippen LogP contribution >= 0.6 is 0 Å². The maximum Gasteiger partial charge on any atom is 0.0470 e. The molecule has 1 aliphatic rings. The number of rotatable bonds is 0. The van der Waals surface area contributed by atoms with Gasteiger partial charge in [-0.3, -0.25) is 0 Å². The van der Waals surface area contributed by atoms with Gasteiger partial charge in [0.05, 0.1) is 0 Å². The highest BCUT2D eigenvalue weighted by atomic mass is 14.7. The smallest absolute Gasteiger partial charge is 0.0470 e. The molecule has 0 atom stereocenters. The van der Waals surface area contributed by atoms with Gasteiger partial charge in [0, 0.05) is 22.2 Å². The lowest BCUT2D eigenvalue weighted by atomic mass is 10.1. The Hall–Kier alpha value is -1.76. The summed E-state index contributed by atoms with van der Waals surface area (Å²) >= 11 is 0. The van der Waals surface area contributed by atoms with Crippen molar-refractivity contribution in [3.8, 4) is 0 Å². The van der Waals surface area contributed by atoms with Crippen LogP contribution in [0.1, 0.15) is 11.3 Å². The normalized spacial score (nSPS) is 14.0. The van der Waals surface area contributed by atoms with Crippen LogP contribution in [0.4, 0.5) is 0 Å². The monoisotopic (exact) mass is 167 g/mol. The summed E-state index contributed by atoms with van der Waals surface area (Å²) in [6, 6.07) is 8.32. The first kappa shape index (κ1) is 6.72. The molecule has 0 bridgehead atoms. The highest BCUT2D eigenvalue weighted by molar-refractivity contribution is 6.02. The first-order valence-electron chi connectivity index (χ1n) is 4.34. The van der Waals surface area contributed by atoms with E-state index in [4.69, 9.17) is 0 Å². The van der Waals surface area contributed by atoms with Crippen molar-refractivity contribution in [3.05, 3.63) is 48.2 Å². The second-order valence-electron chi connectivity index (χ2n) is 3.32. The lowest BCUT2D eigenvalue weighted by Gasteiger charge is -1.93. The number of aromatic nitrogens is 1. The number of aromatic amines is 1. The first-order chi connectivity index (χ1) is 6.36. The number of fused-ring (bicyclic) bond motifs is 3. The summed E-state index contributed by atoms with van der Waals surface area (Å²) in [5.41, 5.74) is 4.74. The number of nitrogens with one attached hydrogen (secondary N) is 1. The Morgan fingerprint density at radius 2 is 1.92 bits per heavy atom. The van der Waals surface area contributed by atoms with Crippen LogP contribution in [-0.4, -0.2) is 4.98 Å². The van der Waals surface area contributed by atoms with Gasteiger partial charge in [0.1, 0.15) is 0 Å². The van der Waals surface area contributed by atoms with Crippen LogP contribution in [0.15, 0.2) is 36.9 Å². The Labute approximate surface area is 76.4 Å². The van der Waals surface area contributed by atoms with Gasteiger partial charge >= 0.3 is 0 Å². The van der Waals surface area contributed by atoms with Gasteiger partial charge in [0.25, 0.3) is 0 Å². The Morgan fingerprint density at radius 3 is 2.85 bits per heavy atom. The molecule has 1 heterocycles. The van der Waals surface area contributed by atoms with Crippen LogP contribution < -0.4 is 0 Å². The zero-order valence-corrected chi connectivity index (χ0v) is 7.17. The van der Waals surface area contributed by atoms with E-state index in [1.54, 1.807) is 0 Å². The minimum absolute atomic E-state index is 1.10. The minimum Gasteiger partial charge on any atom is -0.354 e. The maximum atomic E-state index is 4.01. The maximum absolute atomic E-state index is 4.01. The quantitative estimate of drug-likeness (QED) is 0.620. The number of hydrogen-bond acceptors (Lipinski definition) is 0. The Morgan fingerprint density at radius 1 is 1.08 bits per heavy atom. The number of allylic oxidation sites excluding steroid dienone is 2. The number of para-hydroxylation sites is 1. The third-order valence-electron chi connectivity index (χ3n) is 2.51. The van der Waals surface area contributed by atoms with Crippen molar-refractivity contribution < 1.29 is 0 Å². The fourth-order valence-electron chi connectivity index (χ4n) is 1.90. The van der Waals surface area contributed by atoms with E-state index in [2.05, 4.69) is 35.8 Å². The number of hydrogen-bond donors (Lipinski definition) is 1. The van der Waals surface area contributed by atoms with E-state index in [1.807, 2.05) is 12.1 Å². The molecule has 0 saturated heterocycles. The number of benzene rings is 1. The molecule has 13 heavy (non-hydrogen) atoms. The van der Waals surface area contributed by atoms with Gasteiger partial charge in [-0.2, -0.15) is 0 Å². The van der Waals surface area contributed by atoms with Gasteiger partial charge in [-0.05, 0) is 17.7 Å². The zero-order valence-electron chi connectivity index (χ0n) is 7.17. The molecule has 0 radical (unpaired) electrons. The Bertz CT molecular complexity index is 529. The van der Waals surface area contributed by atoms with Crippen molar-refractivity contribution in [3.63, 3.8) is 0 Å². The predicted octanol–water partition coefficient (Wildman–Crippen LogP) is 3.21. The molecule has 1 aromatic carbocycles. The summed E-state index contributed by atoms with van der Waals surface area (Å²) < 4.78 is 0. The molecule has 1 heteroatoms. The first-order valence-corrected chi connectivity index (χ1v) is 4.34. The average Bonchev–Trinajstić information content (AvgIpc) is 2.66. The molecule has 0 amide bonds. The van der Waals surface area contributed by atoms with Crippen molar-refractivity contribution in [2.75, 3.05) is 0 Å². The van der Waals surface area contributed by atoms with Crippen LogP contribution in [0.25, 0.3) is 22.6 Å². The molecule has 2 aromatic rings. The molecule has 1 N–H and O–H groups in total. The molecule has 0 aliphatic heterocycles. The summed E-state index contributed by atoms with van der Waals surface area (Å²) in [5.74, 6) is 0. The van der Waals surface area contributed by atoms with Gasteiger partial charge in [-0.15, -0.1) is 0 Å². The summed E-state index contributed by atoms with van der Waals surface area (Å²) in [6.07, 6.45) is 4.13. The molecule has 3 rings (SSSR count). The summed E-state index contributed by atoms with van der Waals surface area (Å²) in [5, 5.41) is 1.27. The van der Waals surface area contributed by atoms with Gasteiger partial charge < -0.3 is 4.98 Å². The largest absolute Gasteiger partial charge is 0.354 e. The van der Waals surface area contributed by atoms with Crippen molar-refractivity contribution in [1.29, 1.82) is 0 Å². The van der Waals surface area contributed by atoms with E-state index in [0.29, 0.717) is 0 Å². The minimum atomic E-state index is 1.10. The molecule has 0 unspecified atom stereocenters. The highest BCUT2D eigenvalue weighted by Crippen LogP contribution is 2.34. The standard InChI is InChI=1S/C12H9N/c1-8-6-7-11-12(8)9-4-2-3-5-10(9)13-11/h2-7,13H,1H2. The molecule has 1 nitrogen and oxygen atoms in total.